The number of anilines is 1. The van der Waals surface area contributed by atoms with Gasteiger partial charge in [-0.3, -0.25) is 9.59 Å². The lowest BCUT2D eigenvalue weighted by Crippen LogP contribution is -2.43. The average Bonchev–Trinajstić information content (AvgIpc) is 2.68. The summed E-state index contributed by atoms with van der Waals surface area (Å²) in [5.41, 5.74) is 0.582. The van der Waals surface area contributed by atoms with Gasteiger partial charge in [-0.05, 0) is 58.0 Å². The van der Waals surface area contributed by atoms with Crippen LogP contribution in [0.25, 0.3) is 0 Å². The van der Waals surface area contributed by atoms with E-state index < -0.39 is 0 Å². The standard InChI is InChI=1S/C20H30ClN3O3/c1-4-24(5-2)20(26)15-8-11-23(12-9-15)13-10-19(25)22-17-14-16(21)6-7-18(17)27-3/h6-7,14-15H,4-5,8-13H2,1-3H3,(H,22,25). The van der Waals surface area contributed by atoms with Crippen LogP contribution in [0, 0.1) is 5.92 Å². The maximum Gasteiger partial charge on any atom is 0.225 e. The fourth-order valence-electron chi connectivity index (χ4n) is 3.45. The van der Waals surface area contributed by atoms with Crippen molar-refractivity contribution in [3.8, 4) is 5.75 Å². The summed E-state index contributed by atoms with van der Waals surface area (Å²) in [6.45, 7) is 7.96. The quantitative estimate of drug-likeness (QED) is 0.733. The molecule has 2 amide bonds. The lowest BCUT2D eigenvalue weighted by molar-refractivity contribution is -0.136. The summed E-state index contributed by atoms with van der Waals surface area (Å²) in [5.74, 6) is 0.900. The van der Waals surface area contributed by atoms with E-state index in [0.717, 1.165) is 39.0 Å². The van der Waals surface area contributed by atoms with Gasteiger partial charge in [0, 0.05) is 37.0 Å². The normalized spacial score (nSPS) is 15.4. The highest BCUT2D eigenvalue weighted by atomic mass is 35.5. The van der Waals surface area contributed by atoms with Crippen molar-refractivity contribution in [1.82, 2.24) is 9.80 Å². The van der Waals surface area contributed by atoms with Gasteiger partial charge in [-0.1, -0.05) is 11.6 Å². The van der Waals surface area contributed by atoms with Gasteiger partial charge in [-0.2, -0.15) is 0 Å². The van der Waals surface area contributed by atoms with Gasteiger partial charge < -0.3 is 19.9 Å². The highest BCUT2D eigenvalue weighted by Crippen LogP contribution is 2.27. The van der Waals surface area contributed by atoms with Crippen LogP contribution in [0.5, 0.6) is 5.75 Å². The number of carbonyl (C=O) groups excluding carboxylic acids is 2. The van der Waals surface area contributed by atoms with Crippen LogP contribution in [-0.4, -0.2) is 61.4 Å². The molecule has 1 aromatic rings. The molecule has 1 heterocycles. The van der Waals surface area contributed by atoms with E-state index in [2.05, 4.69) is 10.2 Å². The van der Waals surface area contributed by atoms with E-state index >= 15 is 0 Å². The fourth-order valence-corrected chi connectivity index (χ4v) is 3.62. The summed E-state index contributed by atoms with van der Waals surface area (Å²) in [4.78, 5) is 28.9. The van der Waals surface area contributed by atoms with Crippen LogP contribution in [0.3, 0.4) is 0 Å². The van der Waals surface area contributed by atoms with Gasteiger partial charge in [0.15, 0.2) is 0 Å². The molecule has 0 unspecified atom stereocenters. The van der Waals surface area contributed by atoms with Gasteiger partial charge in [0.1, 0.15) is 5.75 Å². The molecule has 1 aromatic carbocycles. The molecule has 0 spiro atoms. The molecule has 6 nitrogen and oxygen atoms in total. The van der Waals surface area contributed by atoms with Gasteiger partial charge >= 0.3 is 0 Å². The Balaban J connectivity index is 1.77. The third kappa shape index (κ3) is 6.11. The van der Waals surface area contributed by atoms with Gasteiger partial charge in [0.25, 0.3) is 0 Å². The lowest BCUT2D eigenvalue weighted by atomic mass is 9.95. The van der Waals surface area contributed by atoms with Crippen molar-refractivity contribution in [3.63, 3.8) is 0 Å². The number of methoxy groups -OCH3 is 1. The number of nitrogens with zero attached hydrogens (tertiary/aromatic N) is 2. The topological polar surface area (TPSA) is 61.9 Å². The zero-order valence-electron chi connectivity index (χ0n) is 16.5. The fraction of sp³-hybridized carbons (Fsp3) is 0.600. The molecular formula is C20H30ClN3O3. The van der Waals surface area contributed by atoms with Crippen molar-refractivity contribution < 1.29 is 14.3 Å². The molecule has 0 atom stereocenters. The van der Waals surface area contributed by atoms with Gasteiger partial charge in [-0.25, -0.2) is 0 Å². The molecule has 0 saturated carbocycles. The monoisotopic (exact) mass is 395 g/mol. The number of benzene rings is 1. The van der Waals surface area contributed by atoms with Gasteiger partial charge in [0.2, 0.25) is 11.8 Å². The van der Waals surface area contributed by atoms with Crippen LogP contribution in [0.1, 0.15) is 33.1 Å². The van der Waals surface area contributed by atoms with Crippen LogP contribution in [0.2, 0.25) is 5.02 Å². The second-order valence-electron chi connectivity index (χ2n) is 6.77. The average molecular weight is 396 g/mol. The maximum absolute atomic E-state index is 12.4. The Bertz CT molecular complexity index is 641. The van der Waals surface area contributed by atoms with E-state index in [1.807, 2.05) is 18.7 Å². The Labute approximate surface area is 166 Å². The maximum atomic E-state index is 12.4. The molecule has 2 rings (SSSR count). The van der Waals surface area contributed by atoms with Crippen molar-refractivity contribution in [2.75, 3.05) is 45.2 Å². The Hall–Kier alpha value is -1.79. The summed E-state index contributed by atoms with van der Waals surface area (Å²) >= 11 is 5.99. The molecule has 1 N–H and O–H groups in total. The summed E-state index contributed by atoms with van der Waals surface area (Å²) in [6, 6.07) is 5.14. The SMILES string of the molecule is CCN(CC)C(=O)C1CCN(CCC(=O)Nc2cc(Cl)ccc2OC)CC1. The van der Waals surface area contributed by atoms with E-state index in [1.165, 1.54) is 0 Å². The largest absolute Gasteiger partial charge is 0.495 e. The number of halogens is 1. The molecule has 0 aromatic heterocycles. The van der Waals surface area contributed by atoms with Gasteiger partial charge in [-0.15, -0.1) is 0 Å². The first-order valence-corrected chi connectivity index (χ1v) is 10.0. The van der Waals surface area contributed by atoms with E-state index in [9.17, 15) is 9.59 Å². The van der Waals surface area contributed by atoms with Crippen molar-refractivity contribution in [1.29, 1.82) is 0 Å². The zero-order chi connectivity index (χ0) is 19.8. The molecule has 0 bridgehead atoms. The number of hydrogen-bond acceptors (Lipinski definition) is 4. The van der Waals surface area contributed by atoms with Crippen LogP contribution in [0.4, 0.5) is 5.69 Å². The number of hydrogen-bond donors (Lipinski definition) is 1. The zero-order valence-corrected chi connectivity index (χ0v) is 17.2. The molecule has 150 valence electrons. The third-order valence-corrected chi connectivity index (χ3v) is 5.34. The molecule has 1 fully saturated rings. The number of ether oxygens (including phenoxy) is 1. The summed E-state index contributed by atoms with van der Waals surface area (Å²) in [5, 5.41) is 3.41. The van der Waals surface area contributed by atoms with E-state index in [4.69, 9.17) is 16.3 Å². The minimum atomic E-state index is -0.0723. The van der Waals surface area contributed by atoms with E-state index in [0.29, 0.717) is 29.4 Å². The highest BCUT2D eigenvalue weighted by Gasteiger charge is 2.27. The second-order valence-corrected chi connectivity index (χ2v) is 7.21. The molecule has 27 heavy (non-hydrogen) atoms. The first-order chi connectivity index (χ1) is 13.0. The molecule has 7 heteroatoms. The summed E-state index contributed by atoms with van der Waals surface area (Å²) < 4.78 is 5.25. The molecule has 1 aliphatic heterocycles. The second kappa shape index (κ2) is 10.5. The Kier molecular flexibility index (Phi) is 8.38. The van der Waals surface area contributed by atoms with Crippen LogP contribution in [0.15, 0.2) is 18.2 Å². The Morgan fingerprint density at radius 3 is 2.52 bits per heavy atom. The van der Waals surface area contributed by atoms with Crippen LogP contribution in [-0.2, 0) is 9.59 Å². The number of piperidine rings is 1. The van der Waals surface area contributed by atoms with Crippen LogP contribution < -0.4 is 10.1 Å². The Morgan fingerprint density at radius 1 is 1.26 bits per heavy atom. The smallest absolute Gasteiger partial charge is 0.225 e. The minimum Gasteiger partial charge on any atom is -0.495 e. The molecule has 1 aliphatic rings. The van der Waals surface area contributed by atoms with Crippen LogP contribution >= 0.6 is 11.6 Å². The molecule has 0 aliphatic carbocycles. The highest BCUT2D eigenvalue weighted by molar-refractivity contribution is 6.31. The molecular weight excluding hydrogens is 366 g/mol. The number of likely N-dealkylation sites (tertiary alicyclic amines) is 1. The van der Waals surface area contributed by atoms with Crippen molar-refractivity contribution in [2.24, 2.45) is 5.92 Å². The van der Waals surface area contributed by atoms with Crippen molar-refractivity contribution >= 4 is 29.1 Å². The van der Waals surface area contributed by atoms with Crippen molar-refractivity contribution in [2.45, 2.75) is 33.1 Å². The number of carbonyl (C=O) groups is 2. The third-order valence-electron chi connectivity index (χ3n) is 5.10. The summed E-state index contributed by atoms with van der Waals surface area (Å²) in [6.07, 6.45) is 2.11. The number of nitrogens with one attached hydrogen (secondary N) is 1. The Morgan fingerprint density at radius 2 is 1.93 bits per heavy atom. The minimum absolute atomic E-state index is 0.0723. The van der Waals surface area contributed by atoms with Gasteiger partial charge in [0.05, 0.1) is 12.8 Å². The van der Waals surface area contributed by atoms with E-state index in [-0.39, 0.29) is 17.7 Å². The first-order valence-electron chi connectivity index (χ1n) is 9.63. The first kappa shape index (κ1) is 21.5. The predicted octanol–water partition coefficient (Wildman–Crippen LogP) is 3.26. The number of rotatable bonds is 8. The summed E-state index contributed by atoms with van der Waals surface area (Å²) in [7, 11) is 1.56. The molecule has 1 saturated heterocycles. The molecule has 0 radical (unpaired) electrons. The number of amides is 2. The predicted molar refractivity (Wildman–Crippen MR) is 108 cm³/mol. The van der Waals surface area contributed by atoms with E-state index in [1.54, 1.807) is 25.3 Å². The van der Waals surface area contributed by atoms with Crippen molar-refractivity contribution in [3.05, 3.63) is 23.2 Å². The lowest BCUT2D eigenvalue weighted by Gasteiger charge is -2.33.